The molecule has 0 spiro atoms. The minimum absolute atomic E-state index is 0.0977. The second kappa shape index (κ2) is 7.95. The summed E-state index contributed by atoms with van der Waals surface area (Å²) in [5.41, 5.74) is -0.287. The highest BCUT2D eigenvalue weighted by atomic mass is 32.2. The molecular weight excluding hydrogens is 348 g/mol. The molecule has 25 heavy (non-hydrogen) atoms. The van der Waals surface area contributed by atoms with Gasteiger partial charge < -0.3 is 9.47 Å². The molecule has 0 aromatic heterocycles. The molecule has 2 aromatic rings. The first-order valence-electron chi connectivity index (χ1n) is 7.35. The summed E-state index contributed by atoms with van der Waals surface area (Å²) < 4.78 is 37.6. The molecule has 0 aliphatic rings. The van der Waals surface area contributed by atoms with Gasteiger partial charge in [-0.05, 0) is 37.3 Å². The lowest BCUT2D eigenvalue weighted by molar-refractivity contribution is -0.385. The Morgan fingerprint density at radius 1 is 1.16 bits per heavy atom. The van der Waals surface area contributed by atoms with Crippen molar-refractivity contribution in [2.24, 2.45) is 0 Å². The van der Waals surface area contributed by atoms with Crippen LogP contribution in [-0.2, 0) is 10.0 Å². The van der Waals surface area contributed by atoms with Gasteiger partial charge in [-0.25, -0.2) is 13.1 Å². The molecule has 0 saturated heterocycles. The van der Waals surface area contributed by atoms with Gasteiger partial charge in [-0.2, -0.15) is 0 Å². The fourth-order valence-corrected chi connectivity index (χ4v) is 3.29. The van der Waals surface area contributed by atoms with Crippen molar-refractivity contribution in [1.29, 1.82) is 0 Å². The topological polar surface area (TPSA) is 108 Å². The number of rotatable bonds is 8. The summed E-state index contributed by atoms with van der Waals surface area (Å²) in [5, 5.41) is 10.8. The van der Waals surface area contributed by atoms with Gasteiger partial charge in [0, 0.05) is 12.1 Å². The van der Waals surface area contributed by atoms with Crippen molar-refractivity contribution in [3.05, 3.63) is 58.6 Å². The van der Waals surface area contributed by atoms with Crippen LogP contribution in [-0.4, -0.2) is 33.1 Å². The van der Waals surface area contributed by atoms with Gasteiger partial charge >= 0.3 is 0 Å². The molecule has 0 amide bonds. The van der Waals surface area contributed by atoms with Crippen LogP contribution in [0, 0.1) is 10.1 Å². The van der Waals surface area contributed by atoms with E-state index in [2.05, 4.69) is 4.72 Å². The van der Waals surface area contributed by atoms with Crippen molar-refractivity contribution in [2.75, 3.05) is 13.7 Å². The summed E-state index contributed by atoms with van der Waals surface area (Å²) in [4.78, 5) is 9.96. The molecule has 1 N–H and O–H groups in total. The molecule has 0 radical (unpaired) electrons. The van der Waals surface area contributed by atoms with Crippen LogP contribution in [0.5, 0.6) is 11.5 Å². The molecule has 1 unspecified atom stereocenters. The van der Waals surface area contributed by atoms with Crippen LogP contribution in [0.15, 0.2) is 53.4 Å². The molecule has 1 atom stereocenters. The molecule has 2 aromatic carbocycles. The number of nitro groups is 1. The van der Waals surface area contributed by atoms with E-state index in [9.17, 15) is 18.5 Å². The largest absolute Gasteiger partial charge is 0.497 e. The van der Waals surface area contributed by atoms with Gasteiger partial charge in [-0.15, -0.1) is 0 Å². The molecule has 0 heterocycles. The molecule has 134 valence electrons. The normalized spacial score (nSPS) is 12.4. The van der Waals surface area contributed by atoms with E-state index in [1.807, 2.05) is 0 Å². The number of benzene rings is 2. The molecule has 0 saturated carbocycles. The summed E-state index contributed by atoms with van der Waals surface area (Å²) in [6, 6.07) is 11.2. The first kappa shape index (κ1) is 18.7. The maximum Gasteiger partial charge on any atom is 0.270 e. The molecule has 0 aliphatic carbocycles. The number of nitro benzene ring substituents is 1. The van der Waals surface area contributed by atoms with E-state index in [0.717, 1.165) is 6.07 Å². The monoisotopic (exact) mass is 366 g/mol. The number of non-ortho nitro benzene ring substituents is 1. The van der Waals surface area contributed by atoms with Crippen molar-refractivity contribution in [3.63, 3.8) is 0 Å². The summed E-state index contributed by atoms with van der Waals surface area (Å²) in [5.74, 6) is 1.26. The van der Waals surface area contributed by atoms with Crippen LogP contribution in [0.4, 0.5) is 5.69 Å². The van der Waals surface area contributed by atoms with Gasteiger partial charge in [-0.3, -0.25) is 10.1 Å². The average molecular weight is 366 g/mol. The van der Waals surface area contributed by atoms with Gasteiger partial charge in [0.15, 0.2) is 0 Å². The highest BCUT2D eigenvalue weighted by Crippen LogP contribution is 2.19. The maximum absolute atomic E-state index is 12.3. The predicted molar refractivity (Wildman–Crippen MR) is 91.4 cm³/mol. The zero-order valence-corrected chi connectivity index (χ0v) is 14.5. The maximum atomic E-state index is 12.3. The summed E-state index contributed by atoms with van der Waals surface area (Å²) in [6.07, 6.45) is 0. The third-order valence-electron chi connectivity index (χ3n) is 3.25. The third kappa shape index (κ3) is 5.16. The lowest BCUT2D eigenvalue weighted by Crippen LogP contribution is -2.36. The Bertz CT molecular complexity index is 836. The molecule has 0 bridgehead atoms. The van der Waals surface area contributed by atoms with Gasteiger partial charge in [0.2, 0.25) is 10.0 Å². The van der Waals surface area contributed by atoms with E-state index in [1.54, 1.807) is 38.3 Å². The van der Waals surface area contributed by atoms with E-state index >= 15 is 0 Å². The summed E-state index contributed by atoms with van der Waals surface area (Å²) in [7, 11) is -2.33. The highest BCUT2D eigenvalue weighted by Gasteiger charge is 2.20. The van der Waals surface area contributed by atoms with Gasteiger partial charge in [0.1, 0.15) is 18.1 Å². The molecule has 8 nitrogen and oxygen atoms in total. The van der Waals surface area contributed by atoms with E-state index in [-0.39, 0.29) is 17.2 Å². The van der Waals surface area contributed by atoms with Crippen LogP contribution in [0.1, 0.15) is 6.92 Å². The number of hydrogen-bond acceptors (Lipinski definition) is 6. The Morgan fingerprint density at radius 3 is 2.40 bits per heavy atom. The van der Waals surface area contributed by atoms with Crippen molar-refractivity contribution in [2.45, 2.75) is 17.9 Å². The number of methoxy groups -OCH3 is 1. The minimum Gasteiger partial charge on any atom is -0.497 e. The number of nitrogens with one attached hydrogen (secondary N) is 1. The SMILES string of the molecule is COc1ccc(OCC(C)NS(=O)(=O)c2cccc([N+](=O)[O-])c2)cc1. The van der Waals surface area contributed by atoms with E-state index < -0.39 is 21.0 Å². The van der Waals surface area contributed by atoms with Crippen molar-refractivity contribution in [3.8, 4) is 11.5 Å². The molecule has 0 fully saturated rings. The fourth-order valence-electron chi connectivity index (χ4n) is 2.02. The predicted octanol–water partition coefficient (Wildman–Crippen LogP) is 2.35. The summed E-state index contributed by atoms with van der Waals surface area (Å²) >= 11 is 0. The molecule has 9 heteroatoms. The first-order chi connectivity index (χ1) is 11.8. The van der Waals surface area contributed by atoms with Crippen LogP contribution < -0.4 is 14.2 Å². The lowest BCUT2D eigenvalue weighted by Gasteiger charge is -2.15. The highest BCUT2D eigenvalue weighted by molar-refractivity contribution is 7.89. The van der Waals surface area contributed by atoms with Crippen LogP contribution in [0.3, 0.4) is 0 Å². The lowest BCUT2D eigenvalue weighted by atomic mass is 10.3. The Morgan fingerprint density at radius 2 is 1.80 bits per heavy atom. The minimum atomic E-state index is -3.89. The van der Waals surface area contributed by atoms with Crippen molar-refractivity contribution < 1.29 is 22.8 Å². The summed E-state index contributed by atoms with van der Waals surface area (Å²) in [6.45, 7) is 1.74. The van der Waals surface area contributed by atoms with E-state index in [1.165, 1.54) is 18.2 Å². The van der Waals surface area contributed by atoms with Gasteiger partial charge in [-0.1, -0.05) is 6.07 Å². The number of sulfonamides is 1. The van der Waals surface area contributed by atoms with Crippen molar-refractivity contribution in [1.82, 2.24) is 4.72 Å². The first-order valence-corrected chi connectivity index (χ1v) is 8.84. The van der Waals surface area contributed by atoms with Crippen LogP contribution >= 0.6 is 0 Å². The fraction of sp³-hybridized carbons (Fsp3) is 0.250. The van der Waals surface area contributed by atoms with E-state index in [0.29, 0.717) is 11.5 Å². The Kier molecular flexibility index (Phi) is 5.94. The smallest absolute Gasteiger partial charge is 0.270 e. The second-order valence-corrected chi connectivity index (χ2v) is 6.98. The van der Waals surface area contributed by atoms with Gasteiger partial charge in [0.25, 0.3) is 5.69 Å². The zero-order chi connectivity index (χ0) is 18.4. The quantitative estimate of drug-likeness (QED) is 0.567. The number of nitrogens with zero attached hydrogens (tertiary/aromatic N) is 1. The zero-order valence-electron chi connectivity index (χ0n) is 13.7. The standard InChI is InChI=1S/C16H18N2O6S/c1-12(11-24-15-8-6-14(23-2)7-9-15)17-25(21,22)16-5-3-4-13(10-16)18(19)20/h3-10,12,17H,11H2,1-2H3. The second-order valence-electron chi connectivity index (χ2n) is 5.26. The van der Waals surface area contributed by atoms with Crippen molar-refractivity contribution >= 4 is 15.7 Å². The third-order valence-corrected chi connectivity index (χ3v) is 4.84. The molecular formula is C16H18N2O6S. The van der Waals surface area contributed by atoms with Gasteiger partial charge in [0.05, 0.1) is 23.0 Å². The van der Waals surface area contributed by atoms with E-state index in [4.69, 9.17) is 9.47 Å². The number of ether oxygens (including phenoxy) is 2. The van der Waals surface area contributed by atoms with Crippen LogP contribution in [0.2, 0.25) is 0 Å². The Labute approximate surface area is 145 Å². The molecule has 2 rings (SSSR count). The molecule has 0 aliphatic heterocycles. The van der Waals surface area contributed by atoms with Crippen LogP contribution in [0.25, 0.3) is 0 Å². The Hall–Kier alpha value is -2.65. The Balaban J connectivity index is 1.99. The number of hydrogen-bond donors (Lipinski definition) is 1. The average Bonchev–Trinajstić information content (AvgIpc) is 2.60.